The molecule has 1 aliphatic rings. The van der Waals surface area contributed by atoms with Crippen LogP contribution >= 0.6 is 27.5 Å². The average molecular weight is 395 g/mol. The second-order valence-corrected chi connectivity index (χ2v) is 6.88. The fourth-order valence-corrected chi connectivity index (χ4v) is 3.16. The molecule has 1 aliphatic heterocycles. The molecule has 0 unspecified atom stereocenters. The number of amides is 1. The Hall–Kier alpha value is -1.59. The molecule has 1 fully saturated rings. The van der Waals surface area contributed by atoms with Gasteiger partial charge >= 0.3 is 0 Å². The van der Waals surface area contributed by atoms with Gasteiger partial charge in [-0.3, -0.25) is 9.78 Å². The first-order valence-corrected chi connectivity index (χ1v) is 8.66. The average Bonchev–Trinajstić information content (AvgIpc) is 2.57. The minimum atomic E-state index is 0.166. The number of halogens is 2. The molecule has 4 nitrogen and oxygen atoms in total. The van der Waals surface area contributed by atoms with Crippen molar-refractivity contribution in [3.05, 3.63) is 57.8 Å². The van der Waals surface area contributed by atoms with E-state index in [1.807, 2.05) is 35.4 Å². The van der Waals surface area contributed by atoms with Gasteiger partial charge in [-0.05, 0) is 39.7 Å². The quantitative estimate of drug-likeness (QED) is 0.801. The topological polar surface area (TPSA) is 36.4 Å². The van der Waals surface area contributed by atoms with E-state index in [0.717, 1.165) is 41.9 Å². The lowest BCUT2D eigenvalue weighted by molar-refractivity contribution is -0.130. The summed E-state index contributed by atoms with van der Waals surface area (Å²) in [7, 11) is 0. The van der Waals surface area contributed by atoms with E-state index in [2.05, 4.69) is 31.9 Å². The van der Waals surface area contributed by atoms with Crippen molar-refractivity contribution in [2.45, 2.75) is 6.42 Å². The maximum Gasteiger partial charge on any atom is 0.227 e. The van der Waals surface area contributed by atoms with Crippen molar-refractivity contribution in [2.75, 3.05) is 31.1 Å². The number of pyridine rings is 1. The molecular weight excluding hydrogens is 378 g/mol. The molecule has 6 heteroatoms. The van der Waals surface area contributed by atoms with E-state index in [0.29, 0.717) is 11.4 Å². The summed E-state index contributed by atoms with van der Waals surface area (Å²) in [6.45, 7) is 3.12. The molecule has 0 aliphatic carbocycles. The van der Waals surface area contributed by atoms with E-state index in [1.54, 1.807) is 6.20 Å². The van der Waals surface area contributed by atoms with Crippen molar-refractivity contribution in [2.24, 2.45) is 0 Å². The van der Waals surface area contributed by atoms with Gasteiger partial charge in [-0.25, -0.2) is 0 Å². The van der Waals surface area contributed by atoms with E-state index < -0.39 is 0 Å². The van der Waals surface area contributed by atoms with Crippen molar-refractivity contribution in [3.8, 4) is 0 Å². The highest BCUT2D eigenvalue weighted by Crippen LogP contribution is 2.20. The Morgan fingerprint density at radius 3 is 2.48 bits per heavy atom. The number of anilines is 1. The molecule has 1 aromatic carbocycles. The van der Waals surface area contributed by atoms with Crippen LogP contribution in [0.5, 0.6) is 0 Å². The molecule has 2 heterocycles. The van der Waals surface area contributed by atoms with Crippen molar-refractivity contribution in [1.82, 2.24) is 9.88 Å². The summed E-state index contributed by atoms with van der Waals surface area (Å²) in [5, 5.41) is 0.692. The molecule has 0 saturated carbocycles. The van der Waals surface area contributed by atoms with Crippen molar-refractivity contribution in [1.29, 1.82) is 0 Å². The van der Waals surface area contributed by atoms with E-state index in [4.69, 9.17) is 11.6 Å². The van der Waals surface area contributed by atoms with Gasteiger partial charge < -0.3 is 9.80 Å². The minimum Gasteiger partial charge on any atom is -0.367 e. The molecule has 120 valence electrons. The zero-order chi connectivity index (χ0) is 16.2. The largest absolute Gasteiger partial charge is 0.367 e. The van der Waals surface area contributed by atoms with Crippen LogP contribution in [0.25, 0.3) is 0 Å². The summed E-state index contributed by atoms with van der Waals surface area (Å²) in [4.78, 5) is 20.8. The van der Waals surface area contributed by atoms with Crippen LogP contribution in [0.3, 0.4) is 0 Å². The molecular formula is C17H17BrClN3O. The predicted molar refractivity (Wildman–Crippen MR) is 95.9 cm³/mol. The van der Waals surface area contributed by atoms with Gasteiger partial charge in [0.1, 0.15) is 0 Å². The van der Waals surface area contributed by atoms with Crippen LogP contribution in [0.1, 0.15) is 5.56 Å². The Labute approximate surface area is 149 Å². The standard InChI is InChI=1S/C17H17BrClN3O/c18-14-10-16(12-20-11-14)21-5-7-22(8-6-21)17(23)9-13-1-3-15(19)4-2-13/h1-4,10-12H,5-9H2. The van der Waals surface area contributed by atoms with E-state index in [1.165, 1.54) is 0 Å². The van der Waals surface area contributed by atoms with Crippen molar-refractivity contribution in [3.63, 3.8) is 0 Å². The number of hydrogen-bond donors (Lipinski definition) is 0. The lowest BCUT2D eigenvalue weighted by Gasteiger charge is -2.36. The third kappa shape index (κ3) is 4.24. The Kier molecular flexibility index (Phi) is 5.18. The molecule has 0 N–H and O–H groups in total. The van der Waals surface area contributed by atoms with Crippen LogP contribution in [-0.2, 0) is 11.2 Å². The summed E-state index contributed by atoms with van der Waals surface area (Å²) in [6.07, 6.45) is 4.06. The van der Waals surface area contributed by atoms with Gasteiger partial charge in [0.15, 0.2) is 0 Å². The van der Waals surface area contributed by atoms with Gasteiger partial charge in [0.2, 0.25) is 5.91 Å². The first-order chi connectivity index (χ1) is 11.1. The van der Waals surface area contributed by atoms with Gasteiger partial charge in [0.05, 0.1) is 18.3 Å². The molecule has 0 bridgehead atoms. The normalized spacial score (nSPS) is 14.9. The highest BCUT2D eigenvalue weighted by atomic mass is 79.9. The van der Waals surface area contributed by atoms with Gasteiger partial charge in [-0.2, -0.15) is 0 Å². The predicted octanol–water partition coefficient (Wildman–Crippen LogP) is 3.39. The van der Waals surface area contributed by atoms with E-state index in [-0.39, 0.29) is 5.91 Å². The Morgan fingerprint density at radius 1 is 1.13 bits per heavy atom. The lowest BCUT2D eigenvalue weighted by Crippen LogP contribution is -2.49. The van der Waals surface area contributed by atoms with Crippen LogP contribution in [0, 0.1) is 0 Å². The summed E-state index contributed by atoms with van der Waals surface area (Å²) in [5.41, 5.74) is 2.09. The molecule has 0 atom stereocenters. The van der Waals surface area contributed by atoms with Gasteiger partial charge in [0, 0.05) is 41.9 Å². The number of carbonyl (C=O) groups is 1. The number of aromatic nitrogens is 1. The Bertz CT molecular complexity index is 684. The van der Waals surface area contributed by atoms with Crippen LogP contribution < -0.4 is 4.90 Å². The van der Waals surface area contributed by atoms with Crippen molar-refractivity contribution >= 4 is 39.1 Å². The lowest BCUT2D eigenvalue weighted by atomic mass is 10.1. The third-order valence-electron chi connectivity index (χ3n) is 3.96. The summed E-state index contributed by atoms with van der Waals surface area (Å²) >= 11 is 9.32. The van der Waals surface area contributed by atoms with Crippen LogP contribution in [0.2, 0.25) is 5.02 Å². The van der Waals surface area contributed by atoms with E-state index in [9.17, 15) is 4.79 Å². The maximum atomic E-state index is 12.4. The Balaban J connectivity index is 1.56. The zero-order valence-electron chi connectivity index (χ0n) is 12.6. The molecule has 1 aromatic heterocycles. The highest BCUT2D eigenvalue weighted by Gasteiger charge is 2.21. The Morgan fingerprint density at radius 2 is 1.83 bits per heavy atom. The van der Waals surface area contributed by atoms with Crippen LogP contribution in [0.15, 0.2) is 47.2 Å². The van der Waals surface area contributed by atoms with E-state index >= 15 is 0 Å². The monoisotopic (exact) mass is 393 g/mol. The first kappa shape index (κ1) is 16.3. The van der Waals surface area contributed by atoms with Crippen molar-refractivity contribution < 1.29 is 4.79 Å². The fraction of sp³-hybridized carbons (Fsp3) is 0.294. The summed E-state index contributed by atoms with van der Waals surface area (Å²) < 4.78 is 0.969. The number of piperazine rings is 1. The fourth-order valence-electron chi connectivity index (χ4n) is 2.68. The summed E-state index contributed by atoms with van der Waals surface area (Å²) in [6, 6.07) is 9.51. The van der Waals surface area contributed by atoms with Gasteiger partial charge in [-0.15, -0.1) is 0 Å². The number of nitrogens with zero attached hydrogens (tertiary/aromatic N) is 3. The molecule has 1 saturated heterocycles. The maximum absolute atomic E-state index is 12.4. The second kappa shape index (κ2) is 7.32. The second-order valence-electron chi connectivity index (χ2n) is 5.53. The number of hydrogen-bond acceptors (Lipinski definition) is 3. The van der Waals surface area contributed by atoms with Crippen LogP contribution in [-0.4, -0.2) is 42.0 Å². The molecule has 2 aromatic rings. The molecule has 23 heavy (non-hydrogen) atoms. The van der Waals surface area contributed by atoms with Gasteiger partial charge in [-0.1, -0.05) is 23.7 Å². The third-order valence-corrected chi connectivity index (χ3v) is 4.64. The molecule has 1 amide bonds. The molecule has 0 radical (unpaired) electrons. The minimum absolute atomic E-state index is 0.166. The number of carbonyl (C=O) groups excluding carboxylic acids is 1. The molecule has 3 rings (SSSR count). The SMILES string of the molecule is O=C(Cc1ccc(Cl)cc1)N1CCN(c2cncc(Br)c2)CC1. The zero-order valence-corrected chi connectivity index (χ0v) is 14.9. The first-order valence-electron chi connectivity index (χ1n) is 7.49. The summed E-state index contributed by atoms with van der Waals surface area (Å²) in [5.74, 6) is 0.166. The number of benzene rings is 1. The highest BCUT2D eigenvalue weighted by molar-refractivity contribution is 9.10. The van der Waals surface area contributed by atoms with Gasteiger partial charge in [0.25, 0.3) is 0 Å². The number of rotatable bonds is 3. The smallest absolute Gasteiger partial charge is 0.227 e. The van der Waals surface area contributed by atoms with Crippen LogP contribution in [0.4, 0.5) is 5.69 Å². The molecule has 0 spiro atoms.